The van der Waals surface area contributed by atoms with Crippen LogP contribution in [0.15, 0.2) is 46.3 Å². The van der Waals surface area contributed by atoms with Gasteiger partial charge < -0.3 is 4.57 Å². The molecule has 0 bridgehead atoms. The van der Waals surface area contributed by atoms with E-state index in [-0.39, 0.29) is 5.56 Å². The third-order valence-electron chi connectivity index (χ3n) is 4.06. The molecule has 138 valence electrons. The molecular weight excluding hydrogens is 380 g/mol. The molecule has 0 N–H and O–H groups in total. The lowest BCUT2D eigenvalue weighted by Crippen LogP contribution is -2.15. The van der Waals surface area contributed by atoms with Crippen LogP contribution in [-0.2, 0) is 18.7 Å². The molecule has 0 fully saturated rings. The molecule has 0 unspecified atom stereocenters. The van der Waals surface area contributed by atoms with Gasteiger partial charge in [0.05, 0.1) is 5.69 Å². The fourth-order valence-corrected chi connectivity index (χ4v) is 4.50. The van der Waals surface area contributed by atoms with Crippen LogP contribution >= 0.6 is 23.1 Å². The number of aromatic nitrogens is 6. The first-order valence-electron chi connectivity index (χ1n) is 8.59. The summed E-state index contributed by atoms with van der Waals surface area (Å²) in [5, 5.41) is 14.5. The monoisotopic (exact) mass is 398 g/mol. The van der Waals surface area contributed by atoms with Crippen molar-refractivity contribution in [3.63, 3.8) is 0 Å². The van der Waals surface area contributed by atoms with E-state index in [2.05, 4.69) is 43.9 Å². The van der Waals surface area contributed by atoms with Crippen LogP contribution < -0.4 is 5.56 Å². The Balaban J connectivity index is 1.54. The average molecular weight is 399 g/mol. The zero-order valence-corrected chi connectivity index (χ0v) is 16.6. The molecule has 0 atom stereocenters. The molecule has 0 radical (unpaired) electrons. The summed E-state index contributed by atoms with van der Waals surface area (Å²) in [6.45, 7) is 4.74. The van der Waals surface area contributed by atoms with Gasteiger partial charge in [0, 0.05) is 24.8 Å². The minimum absolute atomic E-state index is 0.151. The highest BCUT2D eigenvalue weighted by atomic mass is 32.2. The van der Waals surface area contributed by atoms with Gasteiger partial charge in [-0.3, -0.25) is 4.79 Å². The van der Waals surface area contributed by atoms with E-state index in [1.807, 2.05) is 25.1 Å². The normalized spacial score (nSPS) is 11.3. The first-order chi connectivity index (χ1) is 13.1. The Kier molecular flexibility index (Phi) is 5.04. The van der Waals surface area contributed by atoms with Crippen LogP contribution in [0.3, 0.4) is 0 Å². The van der Waals surface area contributed by atoms with Gasteiger partial charge in [0.2, 0.25) is 4.96 Å². The first kappa shape index (κ1) is 17.9. The number of fused-ring (bicyclic) bond motifs is 1. The Labute approximate surface area is 164 Å². The molecule has 0 saturated carbocycles. The van der Waals surface area contributed by atoms with Gasteiger partial charge in [0.1, 0.15) is 10.8 Å². The van der Waals surface area contributed by atoms with Crippen LogP contribution in [0.5, 0.6) is 0 Å². The summed E-state index contributed by atoms with van der Waals surface area (Å²) in [6, 6.07) is 11.8. The van der Waals surface area contributed by atoms with E-state index in [4.69, 9.17) is 0 Å². The Morgan fingerprint density at radius 1 is 1.19 bits per heavy atom. The third-order valence-corrected chi connectivity index (χ3v) is 5.89. The molecule has 4 rings (SSSR count). The van der Waals surface area contributed by atoms with E-state index < -0.39 is 0 Å². The predicted molar refractivity (Wildman–Crippen MR) is 106 cm³/mol. The Bertz CT molecular complexity index is 1130. The minimum Gasteiger partial charge on any atom is -0.306 e. The van der Waals surface area contributed by atoms with Crippen molar-refractivity contribution in [2.24, 2.45) is 0 Å². The summed E-state index contributed by atoms with van der Waals surface area (Å²) in [4.78, 5) is 17.3. The maximum atomic E-state index is 12.2. The molecule has 7 nitrogen and oxygen atoms in total. The number of thioether (sulfide) groups is 1. The summed E-state index contributed by atoms with van der Waals surface area (Å²) in [7, 11) is 0. The zero-order chi connectivity index (χ0) is 18.8. The van der Waals surface area contributed by atoms with E-state index in [1.54, 1.807) is 11.8 Å². The summed E-state index contributed by atoms with van der Waals surface area (Å²) in [6.07, 6.45) is 0.744. The number of hydrogen-bond donors (Lipinski definition) is 0. The van der Waals surface area contributed by atoms with Crippen molar-refractivity contribution in [1.82, 2.24) is 29.4 Å². The molecule has 0 aliphatic rings. The summed E-state index contributed by atoms with van der Waals surface area (Å²) >= 11 is 2.96. The molecule has 9 heteroatoms. The molecule has 3 aromatic heterocycles. The van der Waals surface area contributed by atoms with Gasteiger partial charge in [-0.15, -0.1) is 10.2 Å². The molecular formula is C18H18N6OS2. The highest BCUT2D eigenvalue weighted by Crippen LogP contribution is 2.22. The molecule has 0 aliphatic carbocycles. The van der Waals surface area contributed by atoms with Gasteiger partial charge in [-0.25, -0.2) is 4.98 Å². The number of aryl methyl sites for hydroxylation is 1. The number of rotatable bonds is 6. The highest BCUT2D eigenvalue weighted by molar-refractivity contribution is 7.98. The van der Waals surface area contributed by atoms with Gasteiger partial charge in [-0.2, -0.15) is 9.61 Å². The van der Waals surface area contributed by atoms with Crippen LogP contribution in [-0.4, -0.2) is 29.4 Å². The molecule has 0 spiro atoms. The smallest absolute Gasteiger partial charge is 0.275 e. The van der Waals surface area contributed by atoms with Crippen molar-refractivity contribution < 1.29 is 0 Å². The van der Waals surface area contributed by atoms with Crippen LogP contribution in [0, 0.1) is 6.92 Å². The third kappa shape index (κ3) is 3.79. The Morgan fingerprint density at radius 2 is 2.00 bits per heavy atom. The maximum Gasteiger partial charge on any atom is 0.275 e. The van der Waals surface area contributed by atoms with Crippen molar-refractivity contribution in [2.45, 2.75) is 37.7 Å². The molecule has 3 heterocycles. The fourth-order valence-electron chi connectivity index (χ4n) is 2.82. The van der Waals surface area contributed by atoms with E-state index in [1.165, 1.54) is 27.5 Å². The second-order valence-corrected chi connectivity index (χ2v) is 8.10. The maximum absolute atomic E-state index is 12.2. The molecule has 0 saturated heterocycles. The van der Waals surface area contributed by atoms with Crippen molar-refractivity contribution in [3.05, 3.63) is 68.8 Å². The van der Waals surface area contributed by atoms with Crippen molar-refractivity contribution >= 4 is 28.1 Å². The van der Waals surface area contributed by atoms with Gasteiger partial charge >= 0.3 is 0 Å². The van der Waals surface area contributed by atoms with Crippen LogP contribution in [0.2, 0.25) is 0 Å². The molecule has 1 aromatic carbocycles. The second kappa shape index (κ2) is 7.61. The lowest BCUT2D eigenvalue weighted by molar-refractivity contribution is 0.651. The number of benzene rings is 1. The Morgan fingerprint density at radius 3 is 2.78 bits per heavy atom. The quantitative estimate of drug-likeness (QED) is 0.465. The molecule has 0 aliphatic heterocycles. The van der Waals surface area contributed by atoms with Gasteiger partial charge in [0.25, 0.3) is 5.56 Å². The van der Waals surface area contributed by atoms with Gasteiger partial charge in [-0.05, 0) is 19.4 Å². The zero-order valence-electron chi connectivity index (χ0n) is 15.0. The minimum atomic E-state index is -0.151. The van der Waals surface area contributed by atoms with Crippen molar-refractivity contribution in [2.75, 3.05) is 0 Å². The first-order valence-corrected chi connectivity index (χ1v) is 10.4. The SMILES string of the molecule is CCn1c(Cc2ccccc2)nnc1SCc1cc(=O)n2nc(C)sc2n1. The molecule has 0 amide bonds. The summed E-state index contributed by atoms with van der Waals surface area (Å²) in [5.41, 5.74) is 1.78. The van der Waals surface area contributed by atoms with Crippen LogP contribution in [0.4, 0.5) is 0 Å². The lowest BCUT2D eigenvalue weighted by Gasteiger charge is -2.07. The topological polar surface area (TPSA) is 78.0 Å². The fraction of sp³-hybridized carbons (Fsp3) is 0.278. The van der Waals surface area contributed by atoms with Crippen LogP contribution in [0.25, 0.3) is 4.96 Å². The second-order valence-electron chi connectivity index (χ2n) is 6.00. The number of nitrogens with zero attached hydrogens (tertiary/aromatic N) is 6. The average Bonchev–Trinajstić information content (AvgIpc) is 3.23. The lowest BCUT2D eigenvalue weighted by atomic mass is 10.1. The number of hydrogen-bond acceptors (Lipinski definition) is 7. The summed E-state index contributed by atoms with van der Waals surface area (Å²) in [5.74, 6) is 1.50. The molecule has 27 heavy (non-hydrogen) atoms. The van der Waals surface area contributed by atoms with E-state index in [9.17, 15) is 4.79 Å². The van der Waals surface area contributed by atoms with Crippen molar-refractivity contribution in [1.29, 1.82) is 0 Å². The van der Waals surface area contributed by atoms with E-state index >= 15 is 0 Å². The van der Waals surface area contributed by atoms with E-state index in [0.29, 0.717) is 10.7 Å². The summed E-state index contributed by atoms with van der Waals surface area (Å²) < 4.78 is 3.46. The van der Waals surface area contributed by atoms with Crippen molar-refractivity contribution in [3.8, 4) is 0 Å². The van der Waals surface area contributed by atoms with Crippen LogP contribution in [0.1, 0.15) is 29.0 Å². The van der Waals surface area contributed by atoms with Gasteiger partial charge in [-0.1, -0.05) is 53.4 Å². The van der Waals surface area contributed by atoms with E-state index in [0.717, 1.165) is 34.6 Å². The molecule has 4 aromatic rings. The Hall–Kier alpha value is -2.52. The highest BCUT2D eigenvalue weighted by Gasteiger charge is 2.13. The largest absolute Gasteiger partial charge is 0.306 e. The van der Waals surface area contributed by atoms with Gasteiger partial charge in [0.15, 0.2) is 5.16 Å². The predicted octanol–water partition coefficient (Wildman–Crippen LogP) is 2.95. The standard InChI is InChI=1S/C18H18N6OS2/c1-3-23-15(9-13-7-5-4-6-8-13)20-21-18(23)26-11-14-10-16(25)24-17(19-14)27-12(2)22-24/h4-8,10H,3,9,11H2,1-2H3.